The van der Waals surface area contributed by atoms with Gasteiger partial charge in [0, 0.05) is 6.42 Å². The summed E-state index contributed by atoms with van der Waals surface area (Å²) in [6, 6.07) is 5.68. The van der Waals surface area contributed by atoms with Crippen LogP contribution >= 0.6 is 7.82 Å². The van der Waals surface area contributed by atoms with Gasteiger partial charge in [0.2, 0.25) is 11.8 Å². The Labute approximate surface area is 134 Å². The van der Waals surface area contributed by atoms with Crippen LogP contribution in [-0.2, 0) is 29.4 Å². The van der Waals surface area contributed by atoms with Gasteiger partial charge in [0.05, 0.1) is 24.6 Å². The second-order valence-electron chi connectivity index (χ2n) is 5.14. The molecular weight excluding hydrogens is 319 g/mol. The smallest absolute Gasteiger partial charge is 0.388 e. The first-order valence-corrected chi connectivity index (χ1v) is 9.11. The summed E-state index contributed by atoms with van der Waals surface area (Å²) in [5, 5.41) is 0. The summed E-state index contributed by atoms with van der Waals surface area (Å²) in [6.07, 6.45) is 1.15. The van der Waals surface area contributed by atoms with E-state index in [4.69, 9.17) is 13.6 Å². The van der Waals surface area contributed by atoms with E-state index in [9.17, 15) is 9.36 Å². The number of rotatable bonds is 5. The molecule has 0 spiro atoms. The summed E-state index contributed by atoms with van der Waals surface area (Å²) in [7, 11) is -3.72. The molecule has 1 aromatic rings. The lowest BCUT2D eigenvalue weighted by molar-refractivity contribution is -0.118. The minimum absolute atomic E-state index is 0.00334. The van der Waals surface area contributed by atoms with E-state index in [0.717, 1.165) is 11.3 Å². The average molecular weight is 338 g/mol. The summed E-state index contributed by atoms with van der Waals surface area (Å²) >= 11 is 0. The van der Waals surface area contributed by atoms with Crippen LogP contribution in [-0.4, -0.2) is 31.6 Å². The van der Waals surface area contributed by atoms with Gasteiger partial charge in [-0.05, 0) is 31.9 Å². The molecule has 2 heterocycles. The number of nitrogens with zero attached hydrogens (tertiary/aromatic N) is 2. The molecule has 2 aliphatic rings. The first kappa shape index (κ1) is 16.2. The van der Waals surface area contributed by atoms with Gasteiger partial charge in [-0.3, -0.25) is 13.8 Å². The largest absolute Gasteiger partial charge is 0.531 e. The maximum Gasteiger partial charge on any atom is 0.531 e. The van der Waals surface area contributed by atoms with Crippen molar-refractivity contribution in [3.8, 4) is 0 Å². The van der Waals surface area contributed by atoms with Crippen molar-refractivity contribution < 1.29 is 22.9 Å². The van der Waals surface area contributed by atoms with Crippen LogP contribution in [0.4, 0.5) is 11.4 Å². The Kier molecular flexibility index (Phi) is 4.53. The monoisotopic (exact) mass is 338 g/mol. The van der Waals surface area contributed by atoms with Crippen molar-refractivity contribution in [2.75, 3.05) is 24.7 Å². The lowest BCUT2D eigenvalue weighted by Gasteiger charge is -2.33. The Morgan fingerprint density at radius 2 is 1.96 bits per heavy atom. The summed E-state index contributed by atoms with van der Waals surface area (Å²) in [4.78, 5) is 18.2. The van der Waals surface area contributed by atoms with E-state index in [0.29, 0.717) is 18.5 Å². The van der Waals surface area contributed by atoms with E-state index < -0.39 is 7.82 Å². The molecule has 0 saturated heterocycles. The number of hydrogen-bond donors (Lipinski definition) is 0. The highest BCUT2D eigenvalue weighted by Crippen LogP contribution is 2.51. The van der Waals surface area contributed by atoms with Crippen LogP contribution in [0.1, 0.15) is 25.8 Å². The third-order valence-electron chi connectivity index (χ3n) is 3.61. The zero-order valence-electron chi connectivity index (χ0n) is 13.2. The highest BCUT2D eigenvalue weighted by molar-refractivity contribution is 7.49. The zero-order chi connectivity index (χ0) is 16.4. The summed E-state index contributed by atoms with van der Waals surface area (Å²) < 4.78 is 28.2. The molecule has 0 radical (unpaired) electrons. The number of phosphoric ester groups is 1. The summed E-state index contributed by atoms with van der Waals surface area (Å²) in [5.74, 6) is 0.165. The third kappa shape index (κ3) is 3.17. The van der Waals surface area contributed by atoms with E-state index >= 15 is 0 Å². The van der Waals surface area contributed by atoms with E-state index in [2.05, 4.69) is 4.99 Å². The first-order valence-electron chi connectivity index (χ1n) is 7.65. The molecule has 1 amide bonds. The second-order valence-corrected chi connectivity index (χ2v) is 6.74. The third-order valence-corrected chi connectivity index (χ3v) is 5.19. The molecular formula is C15H19N2O5P. The molecule has 0 atom stereocenters. The SMILES string of the molecule is CCOP(=O)(OCC)OC1=Nc2cccc3c2N(C1)C(=O)CC3. The van der Waals surface area contributed by atoms with Crippen LogP contribution < -0.4 is 4.90 Å². The lowest BCUT2D eigenvalue weighted by Crippen LogP contribution is -2.41. The Hall–Kier alpha value is -1.69. The Morgan fingerprint density at radius 3 is 2.65 bits per heavy atom. The van der Waals surface area contributed by atoms with Crippen molar-refractivity contribution >= 4 is 31.0 Å². The van der Waals surface area contributed by atoms with Crippen molar-refractivity contribution in [2.45, 2.75) is 26.7 Å². The number of carbonyl (C=O) groups is 1. The van der Waals surface area contributed by atoms with Crippen LogP contribution in [0, 0.1) is 0 Å². The van der Waals surface area contributed by atoms with Crippen molar-refractivity contribution in [1.82, 2.24) is 0 Å². The van der Waals surface area contributed by atoms with E-state index in [1.807, 2.05) is 12.1 Å². The molecule has 2 aliphatic heterocycles. The van der Waals surface area contributed by atoms with Gasteiger partial charge in [-0.25, -0.2) is 9.56 Å². The van der Waals surface area contributed by atoms with Crippen LogP contribution in [0.25, 0.3) is 0 Å². The number of hydrogen-bond acceptors (Lipinski definition) is 6. The molecule has 7 nitrogen and oxygen atoms in total. The topological polar surface area (TPSA) is 77.4 Å². The molecule has 0 fully saturated rings. The fourth-order valence-electron chi connectivity index (χ4n) is 2.74. The number of carbonyl (C=O) groups excluding carboxylic acids is 1. The van der Waals surface area contributed by atoms with E-state index in [1.165, 1.54) is 0 Å². The molecule has 0 aliphatic carbocycles. The van der Waals surface area contributed by atoms with Crippen molar-refractivity contribution in [2.24, 2.45) is 4.99 Å². The maximum atomic E-state index is 12.5. The molecule has 0 saturated carbocycles. The van der Waals surface area contributed by atoms with Crippen LogP contribution in [0.2, 0.25) is 0 Å². The van der Waals surface area contributed by atoms with Gasteiger partial charge < -0.3 is 9.42 Å². The van der Waals surface area contributed by atoms with Gasteiger partial charge in [0.15, 0.2) is 0 Å². The van der Waals surface area contributed by atoms with Gasteiger partial charge in [0.1, 0.15) is 6.54 Å². The van der Waals surface area contributed by atoms with Gasteiger partial charge in [-0.15, -0.1) is 0 Å². The number of anilines is 1. The van der Waals surface area contributed by atoms with Crippen molar-refractivity contribution in [3.63, 3.8) is 0 Å². The number of aryl methyl sites for hydroxylation is 1. The normalized spacial score (nSPS) is 16.9. The predicted molar refractivity (Wildman–Crippen MR) is 86.2 cm³/mol. The Morgan fingerprint density at radius 1 is 1.22 bits per heavy atom. The number of phosphoric acid groups is 1. The van der Waals surface area contributed by atoms with Crippen LogP contribution in [0.5, 0.6) is 0 Å². The molecule has 0 unspecified atom stereocenters. The number of amides is 1. The maximum absolute atomic E-state index is 12.5. The molecule has 124 valence electrons. The predicted octanol–water partition coefficient (Wildman–Crippen LogP) is 3.21. The quantitative estimate of drug-likeness (QED) is 0.771. The zero-order valence-corrected chi connectivity index (χ0v) is 14.0. The highest BCUT2D eigenvalue weighted by atomic mass is 31.2. The lowest BCUT2D eigenvalue weighted by atomic mass is 9.99. The van der Waals surface area contributed by atoms with Gasteiger partial charge in [-0.1, -0.05) is 12.1 Å². The summed E-state index contributed by atoms with van der Waals surface area (Å²) in [6.45, 7) is 3.91. The summed E-state index contributed by atoms with van der Waals surface area (Å²) in [5.41, 5.74) is 2.54. The minimum Gasteiger partial charge on any atom is -0.388 e. The van der Waals surface area contributed by atoms with Crippen molar-refractivity contribution in [3.05, 3.63) is 23.8 Å². The van der Waals surface area contributed by atoms with E-state index in [-0.39, 0.29) is 31.6 Å². The van der Waals surface area contributed by atoms with Crippen molar-refractivity contribution in [1.29, 1.82) is 0 Å². The molecule has 0 aromatic heterocycles. The molecule has 8 heteroatoms. The number of para-hydroxylation sites is 1. The van der Waals surface area contributed by atoms with E-state index in [1.54, 1.807) is 24.8 Å². The molecule has 3 rings (SSSR count). The Balaban J connectivity index is 1.93. The number of aliphatic imine (C=N–C) groups is 1. The average Bonchev–Trinajstić information content (AvgIpc) is 2.51. The van der Waals surface area contributed by atoms with Crippen LogP contribution in [0.15, 0.2) is 23.2 Å². The fraction of sp³-hybridized carbons (Fsp3) is 0.467. The van der Waals surface area contributed by atoms with Crippen LogP contribution in [0.3, 0.4) is 0 Å². The molecule has 1 aromatic carbocycles. The van der Waals surface area contributed by atoms with Gasteiger partial charge in [-0.2, -0.15) is 0 Å². The first-order chi connectivity index (χ1) is 11.1. The molecule has 0 N–H and O–H groups in total. The standard InChI is InChI=1S/C15H19N2O5P/c1-3-20-23(19,21-4-2)22-13-10-17-14(18)9-8-11-6-5-7-12(16-13)15(11)17/h5-7H,3-4,8-10H2,1-2H3. The Bertz CT molecular complexity index is 693. The fourth-order valence-corrected chi connectivity index (χ4v) is 3.91. The number of benzene rings is 1. The molecule has 23 heavy (non-hydrogen) atoms. The minimum atomic E-state index is -3.72. The van der Waals surface area contributed by atoms with Gasteiger partial charge >= 0.3 is 7.82 Å². The second kappa shape index (κ2) is 6.43. The highest BCUT2D eigenvalue weighted by Gasteiger charge is 2.35. The van der Waals surface area contributed by atoms with Gasteiger partial charge in [0.25, 0.3) is 0 Å². The molecule has 0 bridgehead atoms.